The van der Waals surface area contributed by atoms with Gasteiger partial charge in [0.25, 0.3) is 0 Å². The minimum absolute atomic E-state index is 0.0805. The zero-order chi connectivity index (χ0) is 13.3. The smallest absolute Gasteiger partial charge is 0.220 e. The highest BCUT2D eigenvalue weighted by Crippen LogP contribution is 2.30. The highest BCUT2D eigenvalue weighted by Gasteiger charge is 2.36. The Labute approximate surface area is 113 Å². The molecule has 1 fully saturated rings. The number of carbonyl (C=O) groups excluding carboxylic acids is 1. The van der Waals surface area contributed by atoms with Crippen LogP contribution < -0.4 is 5.32 Å². The Morgan fingerprint density at radius 3 is 2.89 bits per heavy atom. The molecule has 2 heterocycles. The van der Waals surface area contributed by atoms with Crippen LogP contribution in [0.4, 0.5) is 0 Å². The molecule has 1 atom stereocenters. The lowest BCUT2D eigenvalue weighted by Crippen LogP contribution is -2.43. The molecule has 0 aliphatic carbocycles. The van der Waals surface area contributed by atoms with Gasteiger partial charge in [0, 0.05) is 23.5 Å². The number of pyridine rings is 1. The van der Waals surface area contributed by atoms with Gasteiger partial charge in [0.1, 0.15) is 0 Å². The molecule has 1 saturated heterocycles. The van der Waals surface area contributed by atoms with Crippen molar-refractivity contribution in [2.45, 2.75) is 38.1 Å². The minimum Gasteiger partial charge on any atom is -0.350 e. The van der Waals surface area contributed by atoms with Gasteiger partial charge >= 0.3 is 0 Å². The summed E-state index contributed by atoms with van der Waals surface area (Å²) in [5, 5.41) is 4.33. The molecule has 1 aromatic carbocycles. The van der Waals surface area contributed by atoms with Crippen LogP contribution in [0.25, 0.3) is 10.9 Å². The first-order valence-electron chi connectivity index (χ1n) is 6.86. The van der Waals surface area contributed by atoms with Crippen molar-refractivity contribution in [2.24, 2.45) is 0 Å². The molecule has 3 rings (SSSR count). The van der Waals surface area contributed by atoms with Gasteiger partial charge in [0.15, 0.2) is 0 Å². The summed E-state index contributed by atoms with van der Waals surface area (Å²) in [4.78, 5) is 16.0. The van der Waals surface area contributed by atoms with Gasteiger partial charge in [-0.3, -0.25) is 9.78 Å². The van der Waals surface area contributed by atoms with Crippen molar-refractivity contribution in [2.75, 3.05) is 0 Å². The zero-order valence-corrected chi connectivity index (χ0v) is 11.1. The average molecular weight is 254 g/mol. The predicted octanol–water partition coefficient (Wildman–Crippen LogP) is 2.84. The molecule has 1 amide bonds. The van der Waals surface area contributed by atoms with E-state index in [0.717, 1.165) is 30.2 Å². The molecule has 2 aromatic rings. The highest BCUT2D eigenvalue weighted by molar-refractivity contribution is 5.82. The number of benzene rings is 1. The molecule has 0 spiro atoms. The predicted molar refractivity (Wildman–Crippen MR) is 75.8 cm³/mol. The fraction of sp³-hybridized carbons (Fsp3) is 0.375. The van der Waals surface area contributed by atoms with Crippen LogP contribution in [0.5, 0.6) is 0 Å². The number of aromatic nitrogens is 1. The van der Waals surface area contributed by atoms with E-state index < -0.39 is 0 Å². The minimum atomic E-state index is -0.0805. The Hall–Kier alpha value is -1.90. The van der Waals surface area contributed by atoms with E-state index in [4.69, 9.17) is 0 Å². The van der Waals surface area contributed by atoms with Gasteiger partial charge in [-0.1, -0.05) is 31.2 Å². The first-order chi connectivity index (χ1) is 9.22. The summed E-state index contributed by atoms with van der Waals surface area (Å²) in [5.41, 5.74) is 2.20. The van der Waals surface area contributed by atoms with E-state index in [2.05, 4.69) is 41.5 Å². The second-order valence-corrected chi connectivity index (χ2v) is 5.35. The highest BCUT2D eigenvalue weighted by atomic mass is 16.2. The third-order valence-corrected chi connectivity index (χ3v) is 4.16. The summed E-state index contributed by atoms with van der Waals surface area (Å²) in [6, 6.07) is 10.3. The first kappa shape index (κ1) is 12.2. The van der Waals surface area contributed by atoms with Gasteiger partial charge in [-0.15, -0.1) is 0 Å². The van der Waals surface area contributed by atoms with Crippen LogP contribution in [0.2, 0.25) is 0 Å². The Kier molecular flexibility index (Phi) is 2.97. The molecule has 1 aromatic heterocycles. The molecular weight excluding hydrogens is 236 g/mol. The van der Waals surface area contributed by atoms with Crippen LogP contribution in [0.1, 0.15) is 31.7 Å². The number of para-hydroxylation sites is 1. The summed E-state index contributed by atoms with van der Waals surface area (Å²) >= 11 is 0. The SMILES string of the molecule is CCC1(Cc2cccc3cccnc23)CCC(=O)N1. The maximum atomic E-state index is 11.5. The van der Waals surface area contributed by atoms with Crippen molar-refractivity contribution in [3.05, 3.63) is 42.1 Å². The number of amides is 1. The summed E-state index contributed by atoms with van der Waals surface area (Å²) in [6.07, 6.45) is 5.22. The summed E-state index contributed by atoms with van der Waals surface area (Å²) in [7, 11) is 0. The molecule has 3 heteroatoms. The number of nitrogens with zero attached hydrogens (tertiary/aromatic N) is 1. The van der Waals surface area contributed by atoms with Gasteiger partial charge in [0.05, 0.1) is 5.52 Å². The third kappa shape index (κ3) is 2.21. The molecule has 1 N–H and O–H groups in total. The molecule has 0 saturated carbocycles. The molecule has 0 radical (unpaired) electrons. The molecule has 98 valence electrons. The summed E-state index contributed by atoms with van der Waals surface area (Å²) in [6.45, 7) is 2.14. The normalized spacial score (nSPS) is 22.7. The van der Waals surface area contributed by atoms with Crippen molar-refractivity contribution in [1.29, 1.82) is 0 Å². The van der Waals surface area contributed by atoms with E-state index in [1.807, 2.05) is 12.3 Å². The molecule has 3 nitrogen and oxygen atoms in total. The van der Waals surface area contributed by atoms with Crippen LogP contribution in [-0.4, -0.2) is 16.4 Å². The van der Waals surface area contributed by atoms with Crippen molar-refractivity contribution < 1.29 is 4.79 Å². The third-order valence-electron chi connectivity index (χ3n) is 4.16. The lowest BCUT2D eigenvalue weighted by molar-refractivity contribution is -0.119. The first-order valence-corrected chi connectivity index (χ1v) is 6.86. The monoisotopic (exact) mass is 254 g/mol. The molecule has 19 heavy (non-hydrogen) atoms. The fourth-order valence-corrected chi connectivity index (χ4v) is 2.97. The number of fused-ring (bicyclic) bond motifs is 1. The Morgan fingerprint density at radius 2 is 2.16 bits per heavy atom. The van der Waals surface area contributed by atoms with E-state index in [0.29, 0.717) is 6.42 Å². The lowest BCUT2D eigenvalue weighted by atomic mass is 9.86. The zero-order valence-electron chi connectivity index (χ0n) is 11.1. The molecule has 1 unspecified atom stereocenters. The largest absolute Gasteiger partial charge is 0.350 e. The van der Waals surface area contributed by atoms with Crippen LogP contribution in [0.15, 0.2) is 36.5 Å². The maximum absolute atomic E-state index is 11.5. The van der Waals surface area contributed by atoms with Gasteiger partial charge in [-0.25, -0.2) is 0 Å². The number of rotatable bonds is 3. The standard InChI is InChI=1S/C16H18N2O/c1-2-16(9-8-14(19)18-16)11-13-6-3-5-12-7-4-10-17-15(12)13/h3-7,10H,2,8-9,11H2,1H3,(H,18,19). The van der Waals surface area contributed by atoms with E-state index >= 15 is 0 Å². The summed E-state index contributed by atoms with van der Waals surface area (Å²) < 4.78 is 0. The Morgan fingerprint density at radius 1 is 1.32 bits per heavy atom. The van der Waals surface area contributed by atoms with E-state index in [-0.39, 0.29) is 11.4 Å². The molecule has 1 aliphatic rings. The van der Waals surface area contributed by atoms with E-state index in [1.54, 1.807) is 0 Å². The number of hydrogen-bond donors (Lipinski definition) is 1. The second-order valence-electron chi connectivity index (χ2n) is 5.35. The van der Waals surface area contributed by atoms with E-state index in [9.17, 15) is 4.79 Å². The van der Waals surface area contributed by atoms with Crippen LogP contribution in [-0.2, 0) is 11.2 Å². The Balaban J connectivity index is 1.99. The van der Waals surface area contributed by atoms with Crippen LogP contribution in [0.3, 0.4) is 0 Å². The number of hydrogen-bond acceptors (Lipinski definition) is 2. The maximum Gasteiger partial charge on any atom is 0.220 e. The van der Waals surface area contributed by atoms with Crippen molar-refractivity contribution in [1.82, 2.24) is 10.3 Å². The van der Waals surface area contributed by atoms with Gasteiger partial charge in [0.2, 0.25) is 5.91 Å². The fourth-order valence-electron chi connectivity index (χ4n) is 2.97. The second kappa shape index (κ2) is 4.65. The number of nitrogens with one attached hydrogen (secondary N) is 1. The van der Waals surface area contributed by atoms with Gasteiger partial charge in [-0.2, -0.15) is 0 Å². The molecule has 0 bridgehead atoms. The van der Waals surface area contributed by atoms with Crippen LogP contribution in [0, 0.1) is 0 Å². The van der Waals surface area contributed by atoms with Crippen molar-refractivity contribution in [3.8, 4) is 0 Å². The average Bonchev–Trinajstić information content (AvgIpc) is 2.81. The topological polar surface area (TPSA) is 42.0 Å². The Bertz CT molecular complexity index is 618. The van der Waals surface area contributed by atoms with Crippen LogP contribution >= 0.6 is 0 Å². The van der Waals surface area contributed by atoms with Crippen molar-refractivity contribution >= 4 is 16.8 Å². The van der Waals surface area contributed by atoms with Gasteiger partial charge in [-0.05, 0) is 30.9 Å². The van der Waals surface area contributed by atoms with Gasteiger partial charge < -0.3 is 5.32 Å². The molecular formula is C16H18N2O. The quantitative estimate of drug-likeness (QED) is 0.915. The summed E-state index contributed by atoms with van der Waals surface area (Å²) in [5.74, 6) is 0.176. The molecule has 1 aliphatic heterocycles. The lowest BCUT2D eigenvalue weighted by Gasteiger charge is -2.28. The number of carbonyl (C=O) groups is 1. The van der Waals surface area contributed by atoms with E-state index in [1.165, 1.54) is 5.56 Å². The van der Waals surface area contributed by atoms with Crippen molar-refractivity contribution in [3.63, 3.8) is 0 Å².